The minimum atomic E-state index is -4.67. The molecule has 25 heavy (non-hydrogen) atoms. The number of hydrogen-bond acceptors (Lipinski definition) is 6. The van der Waals surface area contributed by atoms with Gasteiger partial charge in [0, 0.05) is 22.0 Å². The molecule has 3 aromatic rings. The van der Waals surface area contributed by atoms with Crippen molar-refractivity contribution in [2.24, 2.45) is 5.73 Å². The maximum absolute atomic E-state index is 11.8. The first-order valence-corrected chi connectivity index (χ1v) is 9.01. The summed E-state index contributed by atoms with van der Waals surface area (Å²) in [5.41, 5.74) is 7.43. The average Bonchev–Trinajstić information content (AvgIpc) is 2.92. The normalized spacial score (nSPS) is 12.5. The summed E-state index contributed by atoms with van der Waals surface area (Å²) in [7, 11) is -4.67. The maximum atomic E-state index is 11.8. The van der Waals surface area contributed by atoms with Gasteiger partial charge in [-0.1, -0.05) is 30.3 Å². The van der Waals surface area contributed by atoms with Crippen LogP contribution < -0.4 is 10.5 Å². The minimum absolute atomic E-state index is 0.251. The number of hydrogen-bond donors (Lipinski definition) is 5. The highest BCUT2D eigenvalue weighted by molar-refractivity contribution is 7.80. The summed E-state index contributed by atoms with van der Waals surface area (Å²) in [6, 6.07) is 12.8. The Labute approximate surface area is 149 Å². The topological polar surface area (TPSA) is 143 Å². The number of benzene rings is 2. The van der Waals surface area contributed by atoms with E-state index in [0.717, 1.165) is 21.8 Å². The van der Waals surface area contributed by atoms with Crippen LogP contribution in [0.1, 0.15) is 0 Å². The first-order chi connectivity index (χ1) is 11.7. The van der Waals surface area contributed by atoms with Gasteiger partial charge in [0.25, 0.3) is 0 Å². The zero-order valence-corrected chi connectivity index (χ0v) is 14.5. The summed E-state index contributed by atoms with van der Waals surface area (Å²) in [6.07, 6.45) is 0. The van der Waals surface area contributed by atoms with Crippen molar-refractivity contribution in [3.05, 3.63) is 42.5 Å². The predicted octanol–water partition coefficient (Wildman–Crippen LogP) is 1.83. The van der Waals surface area contributed by atoms with Crippen LogP contribution in [0.4, 0.5) is 0 Å². The van der Waals surface area contributed by atoms with E-state index in [0.29, 0.717) is 5.75 Å². The van der Waals surface area contributed by atoms with Gasteiger partial charge in [-0.25, -0.2) is 4.79 Å². The van der Waals surface area contributed by atoms with E-state index in [9.17, 15) is 4.79 Å². The molecule has 0 fully saturated rings. The van der Waals surface area contributed by atoms with Gasteiger partial charge in [0.15, 0.2) is 5.75 Å². The number of esters is 1. The molecule has 8 nitrogen and oxygen atoms in total. The molecule has 0 aliphatic carbocycles. The van der Waals surface area contributed by atoms with Crippen LogP contribution in [-0.4, -0.2) is 40.3 Å². The maximum Gasteiger partial charge on any atom is 0.394 e. The lowest BCUT2D eigenvalue weighted by Gasteiger charge is -2.09. The van der Waals surface area contributed by atoms with Crippen molar-refractivity contribution in [1.29, 1.82) is 0 Å². The van der Waals surface area contributed by atoms with E-state index >= 15 is 0 Å². The summed E-state index contributed by atoms with van der Waals surface area (Å²) >= 11 is 4.00. The van der Waals surface area contributed by atoms with Crippen molar-refractivity contribution >= 4 is 50.8 Å². The van der Waals surface area contributed by atoms with Crippen molar-refractivity contribution in [1.82, 2.24) is 4.98 Å². The van der Waals surface area contributed by atoms with Crippen LogP contribution in [0.25, 0.3) is 21.8 Å². The fourth-order valence-corrected chi connectivity index (χ4v) is 2.34. The number of aromatic amines is 1. The second-order valence-electron chi connectivity index (χ2n) is 5.01. The summed E-state index contributed by atoms with van der Waals surface area (Å²) in [5.74, 6) is 0.258. The summed E-state index contributed by atoms with van der Waals surface area (Å²) < 4.78 is 36.9. The molecule has 10 heteroatoms. The van der Waals surface area contributed by atoms with Gasteiger partial charge in [0.1, 0.15) is 6.04 Å². The Morgan fingerprint density at radius 1 is 1.16 bits per heavy atom. The molecule has 134 valence electrons. The van der Waals surface area contributed by atoms with Gasteiger partial charge in [-0.15, -0.1) is 0 Å². The van der Waals surface area contributed by atoms with Crippen LogP contribution in [0.2, 0.25) is 0 Å². The van der Waals surface area contributed by atoms with Gasteiger partial charge < -0.3 is 15.5 Å². The molecule has 0 bridgehead atoms. The quantitative estimate of drug-likeness (QED) is 0.201. The number of fused-ring (bicyclic) bond motifs is 3. The van der Waals surface area contributed by atoms with Crippen LogP contribution >= 0.6 is 12.6 Å². The number of H-pyrrole nitrogens is 1. The molecule has 1 atom stereocenters. The minimum Gasteiger partial charge on any atom is -0.423 e. The van der Waals surface area contributed by atoms with Crippen LogP contribution in [0.15, 0.2) is 42.5 Å². The molecular weight excluding hydrogens is 368 g/mol. The zero-order chi connectivity index (χ0) is 18.6. The Morgan fingerprint density at radius 2 is 1.76 bits per heavy atom. The third-order valence-electron chi connectivity index (χ3n) is 3.21. The Kier molecular flexibility index (Phi) is 6.03. The van der Waals surface area contributed by atoms with E-state index in [1.54, 1.807) is 6.07 Å². The SMILES string of the molecule is N[C@@H](CS)C(=O)Oc1cccc2c1[nH]c1ccccc12.O=S(=O)(O)O. The van der Waals surface area contributed by atoms with E-state index in [1.165, 1.54) is 0 Å². The fraction of sp³-hybridized carbons (Fsp3) is 0.133. The van der Waals surface area contributed by atoms with Crippen LogP contribution in [0.3, 0.4) is 0 Å². The van der Waals surface area contributed by atoms with E-state index in [2.05, 4.69) is 17.6 Å². The Bertz CT molecular complexity index is 992. The predicted molar refractivity (Wildman–Crippen MR) is 97.4 cm³/mol. The van der Waals surface area contributed by atoms with Crippen LogP contribution in [0.5, 0.6) is 5.75 Å². The number of nitrogens with two attached hydrogens (primary N) is 1. The van der Waals surface area contributed by atoms with Crippen LogP contribution in [0, 0.1) is 0 Å². The van der Waals surface area contributed by atoms with Gasteiger partial charge in [0.2, 0.25) is 0 Å². The van der Waals surface area contributed by atoms with Gasteiger partial charge >= 0.3 is 16.4 Å². The number of carbonyl (C=O) groups excluding carboxylic acids is 1. The first-order valence-electron chi connectivity index (χ1n) is 6.98. The average molecular weight is 384 g/mol. The molecule has 0 spiro atoms. The van der Waals surface area contributed by atoms with E-state index < -0.39 is 22.4 Å². The fourth-order valence-electron chi connectivity index (χ4n) is 2.19. The smallest absolute Gasteiger partial charge is 0.394 e. The number of carbonyl (C=O) groups is 1. The van der Waals surface area contributed by atoms with Crippen molar-refractivity contribution in [3.63, 3.8) is 0 Å². The molecule has 0 unspecified atom stereocenters. The molecule has 0 saturated carbocycles. The monoisotopic (exact) mass is 384 g/mol. The molecule has 0 aliphatic heterocycles. The third-order valence-corrected chi connectivity index (χ3v) is 3.61. The number of para-hydroxylation sites is 2. The van der Waals surface area contributed by atoms with E-state index in [1.807, 2.05) is 36.4 Å². The number of ether oxygens (including phenoxy) is 1. The van der Waals surface area contributed by atoms with Crippen molar-refractivity contribution in [2.45, 2.75) is 6.04 Å². The van der Waals surface area contributed by atoms with Crippen LogP contribution in [-0.2, 0) is 15.2 Å². The van der Waals surface area contributed by atoms with Gasteiger partial charge in [-0.2, -0.15) is 21.0 Å². The molecule has 1 aromatic heterocycles. The number of aromatic nitrogens is 1. The zero-order valence-electron chi connectivity index (χ0n) is 12.8. The van der Waals surface area contributed by atoms with Gasteiger partial charge in [0.05, 0.1) is 5.52 Å². The molecule has 0 aliphatic rings. The molecule has 5 N–H and O–H groups in total. The number of thiol groups is 1. The lowest BCUT2D eigenvalue weighted by Crippen LogP contribution is -2.35. The standard InChI is InChI=1S/C15H14N2O2S.H2O4S/c16-11(8-20)15(18)19-13-7-3-5-10-9-4-1-2-6-12(9)17-14(10)13;1-5(2,3)4/h1-7,11,17,20H,8,16H2;(H2,1,2,3,4)/t11-;/m0./s1. The van der Waals surface area contributed by atoms with Crippen molar-refractivity contribution < 1.29 is 27.1 Å². The van der Waals surface area contributed by atoms with E-state index in [4.69, 9.17) is 28.0 Å². The summed E-state index contributed by atoms with van der Waals surface area (Å²) in [5, 5.41) is 2.12. The highest BCUT2D eigenvalue weighted by Gasteiger charge is 2.16. The van der Waals surface area contributed by atoms with Crippen molar-refractivity contribution in [3.8, 4) is 5.75 Å². The molecule has 1 heterocycles. The second kappa shape index (κ2) is 7.85. The van der Waals surface area contributed by atoms with Gasteiger partial charge in [-0.3, -0.25) is 9.11 Å². The van der Waals surface area contributed by atoms with Gasteiger partial charge in [-0.05, 0) is 12.1 Å². The highest BCUT2D eigenvalue weighted by Crippen LogP contribution is 2.31. The molecular formula is C15H16N2O6S2. The Morgan fingerprint density at radius 3 is 2.40 bits per heavy atom. The highest BCUT2D eigenvalue weighted by atomic mass is 32.3. The largest absolute Gasteiger partial charge is 0.423 e. The summed E-state index contributed by atoms with van der Waals surface area (Å²) in [6.45, 7) is 0. The molecule has 0 saturated heterocycles. The Balaban J connectivity index is 0.000000399. The second-order valence-corrected chi connectivity index (χ2v) is 6.27. The molecule has 0 radical (unpaired) electrons. The Hall–Kier alpha value is -2.11. The summed E-state index contributed by atoms with van der Waals surface area (Å²) in [4.78, 5) is 15.1. The first kappa shape index (κ1) is 19.2. The number of nitrogens with one attached hydrogen (secondary N) is 1. The molecule has 2 aromatic carbocycles. The lowest BCUT2D eigenvalue weighted by molar-refractivity contribution is -0.135. The number of rotatable bonds is 3. The molecule has 0 amide bonds. The van der Waals surface area contributed by atoms with E-state index in [-0.39, 0.29) is 5.75 Å². The lowest BCUT2D eigenvalue weighted by atomic mass is 10.1. The third kappa shape index (κ3) is 5.18. The van der Waals surface area contributed by atoms with Crippen molar-refractivity contribution in [2.75, 3.05) is 5.75 Å². The molecule has 3 rings (SSSR count).